The maximum atomic E-state index is 12.5. The van der Waals surface area contributed by atoms with Crippen LogP contribution in [0.2, 0.25) is 0 Å². The molecule has 0 saturated heterocycles. The van der Waals surface area contributed by atoms with E-state index in [2.05, 4.69) is 41.9 Å². The Balaban J connectivity index is 2.17. The van der Waals surface area contributed by atoms with Gasteiger partial charge in [-0.15, -0.1) is 0 Å². The first-order valence-corrected chi connectivity index (χ1v) is 10.3. The minimum atomic E-state index is -0.542. The molecule has 0 unspecified atom stereocenters. The Morgan fingerprint density at radius 2 is 1.77 bits per heavy atom. The van der Waals surface area contributed by atoms with Crippen molar-refractivity contribution >= 4 is 55.5 Å². The van der Waals surface area contributed by atoms with Crippen molar-refractivity contribution in [3.8, 4) is 17.6 Å². The third-order valence-electron chi connectivity index (χ3n) is 3.68. The Bertz CT molecular complexity index is 974. The number of hydrogen-bond donors (Lipinski definition) is 1. The summed E-state index contributed by atoms with van der Waals surface area (Å²) in [7, 11) is 1.27. The molecule has 0 bridgehead atoms. The fraction of sp³-hybridized carbons (Fsp3) is 0.190. The molecule has 0 aliphatic rings. The summed E-state index contributed by atoms with van der Waals surface area (Å²) >= 11 is 6.72. The van der Waals surface area contributed by atoms with Crippen LogP contribution < -0.4 is 14.8 Å². The molecule has 2 aromatic rings. The number of nitrogens with zero attached hydrogens (tertiary/aromatic N) is 1. The van der Waals surface area contributed by atoms with E-state index in [9.17, 15) is 14.9 Å². The van der Waals surface area contributed by atoms with Crippen molar-refractivity contribution in [3.05, 3.63) is 56.5 Å². The van der Waals surface area contributed by atoms with Gasteiger partial charge in [-0.1, -0.05) is 0 Å². The number of hydrogen-bond acceptors (Lipinski definition) is 6. The van der Waals surface area contributed by atoms with Crippen LogP contribution in [0.15, 0.2) is 50.9 Å². The summed E-state index contributed by atoms with van der Waals surface area (Å²) in [5, 5.41) is 12.1. The van der Waals surface area contributed by atoms with Crippen LogP contribution >= 0.6 is 31.9 Å². The van der Waals surface area contributed by atoms with Gasteiger partial charge < -0.3 is 19.5 Å². The van der Waals surface area contributed by atoms with Crippen LogP contribution in [-0.2, 0) is 14.3 Å². The maximum Gasteiger partial charge on any atom is 0.343 e. The molecule has 0 radical (unpaired) electrons. The highest BCUT2D eigenvalue weighted by atomic mass is 79.9. The van der Waals surface area contributed by atoms with E-state index in [-0.39, 0.29) is 12.2 Å². The topological polar surface area (TPSA) is 97.6 Å². The van der Waals surface area contributed by atoms with Gasteiger partial charge in [-0.25, -0.2) is 4.79 Å². The normalized spacial score (nSPS) is 10.7. The summed E-state index contributed by atoms with van der Waals surface area (Å²) in [4.78, 5) is 23.7. The van der Waals surface area contributed by atoms with E-state index in [1.807, 2.05) is 13.0 Å². The Hall–Kier alpha value is -2.83. The Morgan fingerprint density at radius 1 is 1.13 bits per heavy atom. The molecule has 1 amide bonds. The van der Waals surface area contributed by atoms with E-state index in [0.29, 0.717) is 38.3 Å². The number of carbonyl (C=O) groups excluding carboxylic acids is 2. The smallest absolute Gasteiger partial charge is 0.343 e. The Morgan fingerprint density at radius 3 is 2.30 bits per heavy atom. The van der Waals surface area contributed by atoms with Gasteiger partial charge in [-0.2, -0.15) is 5.26 Å². The first-order valence-electron chi connectivity index (χ1n) is 8.72. The van der Waals surface area contributed by atoms with E-state index in [4.69, 9.17) is 9.47 Å². The SMILES string of the molecule is CCOc1ccc(NC(=O)/C(C#N)=C\c2cc(Br)c(OCC(=O)OC)c(Br)c2)cc1. The predicted molar refractivity (Wildman–Crippen MR) is 119 cm³/mol. The van der Waals surface area contributed by atoms with Gasteiger partial charge in [0.05, 0.1) is 22.7 Å². The van der Waals surface area contributed by atoms with Crippen molar-refractivity contribution in [2.24, 2.45) is 0 Å². The first kappa shape index (κ1) is 23.4. The molecule has 2 aromatic carbocycles. The van der Waals surface area contributed by atoms with Crippen LogP contribution in [0.1, 0.15) is 12.5 Å². The molecule has 0 aliphatic carbocycles. The zero-order chi connectivity index (χ0) is 22.1. The standard InChI is InChI=1S/C21H18Br2N2O5/c1-3-29-16-6-4-15(5-7-16)25-21(27)14(11-24)8-13-9-17(22)20(18(23)10-13)30-12-19(26)28-2/h4-10H,3,12H2,1-2H3,(H,25,27)/b14-8-. The van der Waals surface area contributed by atoms with E-state index in [1.165, 1.54) is 13.2 Å². The Kier molecular flexibility index (Phi) is 8.89. The number of benzene rings is 2. The van der Waals surface area contributed by atoms with Gasteiger partial charge in [-0.05, 0) is 86.8 Å². The average Bonchev–Trinajstić information content (AvgIpc) is 2.72. The number of carbonyl (C=O) groups is 2. The lowest BCUT2D eigenvalue weighted by atomic mass is 10.1. The lowest BCUT2D eigenvalue weighted by molar-refractivity contribution is -0.142. The lowest BCUT2D eigenvalue weighted by Gasteiger charge is -2.11. The van der Waals surface area contributed by atoms with E-state index in [1.54, 1.807) is 36.4 Å². The molecule has 7 nitrogen and oxygen atoms in total. The van der Waals surface area contributed by atoms with Crippen LogP contribution in [0.4, 0.5) is 5.69 Å². The van der Waals surface area contributed by atoms with Crippen LogP contribution in [0, 0.1) is 11.3 Å². The van der Waals surface area contributed by atoms with Gasteiger partial charge in [0.1, 0.15) is 23.1 Å². The monoisotopic (exact) mass is 536 g/mol. The summed E-state index contributed by atoms with van der Waals surface area (Å²) < 4.78 is 16.4. The van der Waals surface area contributed by atoms with Gasteiger partial charge in [0, 0.05) is 5.69 Å². The molecule has 0 spiro atoms. The zero-order valence-corrected chi connectivity index (χ0v) is 19.4. The maximum absolute atomic E-state index is 12.5. The molecule has 1 N–H and O–H groups in total. The number of amides is 1. The molecular formula is C21H18Br2N2O5. The van der Waals surface area contributed by atoms with Crippen molar-refractivity contribution in [2.45, 2.75) is 6.92 Å². The van der Waals surface area contributed by atoms with Crippen molar-refractivity contribution in [3.63, 3.8) is 0 Å². The van der Waals surface area contributed by atoms with Gasteiger partial charge in [0.15, 0.2) is 6.61 Å². The third kappa shape index (κ3) is 6.61. The highest BCUT2D eigenvalue weighted by Gasteiger charge is 2.14. The van der Waals surface area contributed by atoms with Gasteiger partial charge in [0.2, 0.25) is 0 Å². The quantitative estimate of drug-likeness (QED) is 0.297. The van der Waals surface area contributed by atoms with Crippen molar-refractivity contribution in [1.82, 2.24) is 0 Å². The lowest BCUT2D eigenvalue weighted by Crippen LogP contribution is -2.13. The number of nitriles is 1. The van der Waals surface area contributed by atoms with Crippen LogP contribution in [0.5, 0.6) is 11.5 Å². The second-order valence-corrected chi connectivity index (χ2v) is 7.47. The van der Waals surface area contributed by atoms with Gasteiger partial charge in [0.25, 0.3) is 5.91 Å². The average molecular weight is 538 g/mol. The van der Waals surface area contributed by atoms with Gasteiger partial charge >= 0.3 is 5.97 Å². The van der Waals surface area contributed by atoms with E-state index >= 15 is 0 Å². The van der Waals surface area contributed by atoms with Gasteiger partial charge in [-0.3, -0.25) is 4.79 Å². The second kappa shape index (κ2) is 11.4. The number of halogens is 2. The number of ether oxygens (including phenoxy) is 3. The molecule has 0 fully saturated rings. The van der Waals surface area contributed by atoms with E-state index in [0.717, 1.165) is 0 Å². The molecular weight excluding hydrogens is 520 g/mol. The van der Waals surface area contributed by atoms with Crippen molar-refractivity contribution < 1.29 is 23.8 Å². The number of methoxy groups -OCH3 is 1. The summed E-state index contributed by atoms with van der Waals surface area (Å²) in [6, 6.07) is 12.1. The summed E-state index contributed by atoms with van der Waals surface area (Å²) in [5.74, 6) is 0.0288. The van der Waals surface area contributed by atoms with Crippen LogP contribution in [-0.4, -0.2) is 32.2 Å². The van der Waals surface area contributed by atoms with Crippen molar-refractivity contribution in [2.75, 3.05) is 25.6 Å². The molecule has 30 heavy (non-hydrogen) atoms. The summed E-state index contributed by atoms with van der Waals surface area (Å²) in [6.45, 7) is 2.18. The molecule has 0 aromatic heterocycles. The molecule has 2 rings (SSSR count). The minimum Gasteiger partial charge on any atom is -0.494 e. The molecule has 156 valence electrons. The zero-order valence-electron chi connectivity index (χ0n) is 16.2. The Labute approximate surface area is 190 Å². The van der Waals surface area contributed by atoms with Crippen LogP contribution in [0.25, 0.3) is 6.08 Å². The summed E-state index contributed by atoms with van der Waals surface area (Å²) in [6.07, 6.45) is 1.45. The highest BCUT2D eigenvalue weighted by Crippen LogP contribution is 2.35. The summed E-state index contributed by atoms with van der Waals surface area (Å²) in [5.41, 5.74) is 1.04. The molecule has 0 aliphatic heterocycles. The molecule has 0 atom stereocenters. The first-order chi connectivity index (χ1) is 14.4. The number of nitrogens with one attached hydrogen (secondary N) is 1. The number of anilines is 1. The third-order valence-corrected chi connectivity index (χ3v) is 4.86. The fourth-order valence-electron chi connectivity index (χ4n) is 2.31. The van der Waals surface area contributed by atoms with E-state index < -0.39 is 11.9 Å². The molecule has 0 saturated carbocycles. The highest BCUT2D eigenvalue weighted by molar-refractivity contribution is 9.11. The second-order valence-electron chi connectivity index (χ2n) is 5.76. The minimum absolute atomic E-state index is 0.0779. The predicted octanol–water partition coefficient (Wildman–Crippen LogP) is 4.71. The largest absolute Gasteiger partial charge is 0.494 e. The number of esters is 1. The molecule has 0 heterocycles. The fourth-order valence-corrected chi connectivity index (χ4v) is 3.76. The van der Waals surface area contributed by atoms with Crippen LogP contribution in [0.3, 0.4) is 0 Å². The molecule has 9 heteroatoms. The van der Waals surface area contributed by atoms with Crippen molar-refractivity contribution in [1.29, 1.82) is 5.26 Å². The number of rotatable bonds is 8.